The Morgan fingerprint density at radius 1 is 1.16 bits per heavy atom. The SMILES string of the molecule is NC1CC(Nc2ccc(Cl)cc2I)c2ccccc21. The molecule has 2 atom stereocenters. The van der Waals surface area contributed by atoms with Gasteiger partial charge >= 0.3 is 0 Å². The smallest absolute Gasteiger partial charge is 0.0535 e. The fraction of sp³-hybridized carbons (Fsp3) is 0.200. The van der Waals surface area contributed by atoms with Crippen molar-refractivity contribution in [3.05, 3.63) is 62.2 Å². The predicted molar refractivity (Wildman–Crippen MR) is 88.5 cm³/mol. The molecule has 3 rings (SSSR count). The minimum absolute atomic E-state index is 0.124. The summed E-state index contributed by atoms with van der Waals surface area (Å²) >= 11 is 8.28. The number of nitrogens with two attached hydrogens (primary N) is 1. The standard InChI is InChI=1S/C15H14ClIN2/c16-9-5-6-14(12(17)7-9)19-15-8-13(18)10-3-1-2-4-11(10)15/h1-7,13,15,19H,8,18H2. The Balaban J connectivity index is 1.89. The van der Waals surface area contributed by atoms with E-state index in [0.717, 1.165) is 20.7 Å². The molecule has 2 unspecified atom stereocenters. The highest BCUT2D eigenvalue weighted by molar-refractivity contribution is 14.1. The average molecular weight is 385 g/mol. The van der Waals surface area contributed by atoms with E-state index < -0.39 is 0 Å². The van der Waals surface area contributed by atoms with Crippen molar-refractivity contribution in [3.8, 4) is 0 Å². The lowest BCUT2D eigenvalue weighted by molar-refractivity contribution is 0.648. The van der Waals surface area contributed by atoms with Crippen molar-refractivity contribution < 1.29 is 0 Å². The summed E-state index contributed by atoms with van der Waals surface area (Å²) < 4.78 is 1.13. The van der Waals surface area contributed by atoms with Crippen molar-refractivity contribution in [1.82, 2.24) is 0 Å². The molecule has 2 nitrogen and oxygen atoms in total. The van der Waals surface area contributed by atoms with Crippen LogP contribution in [-0.2, 0) is 0 Å². The lowest BCUT2D eigenvalue weighted by Crippen LogP contribution is -2.10. The number of rotatable bonds is 2. The van der Waals surface area contributed by atoms with E-state index in [9.17, 15) is 0 Å². The van der Waals surface area contributed by atoms with Gasteiger partial charge in [0.25, 0.3) is 0 Å². The third kappa shape index (κ3) is 2.59. The van der Waals surface area contributed by atoms with Gasteiger partial charge in [-0.15, -0.1) is 0 Å². The van der Waals surface area contributed by atoms with Crippen molar-refractivity contribution >= 4 is 39.9 Å². The summed E-state index contributed by atoms with van der Waals surface area (Å²) in [5, 5.41) is 4.34. The number of hydrogen-bond acceptors (Lipinski definition) is 2. The molecule has 0 aliphatic heterocycles. The first-order valence-corrected chi connectivity index (χ1v) is 7.67. The molecule has 19 heavy (non-hydrogen) atoms. The maximum absolute atomic E-state index is 6.19. The van der Waals surface area contributed by atoms with Crippen molar-refractivity contribution in [3.63, 3.8) is 0 Å². The molecule has 0 amide bonds. The van der Waals surface area contributed by atoms with Crippen LogP contribution in [0.25, 0.3) is 0 Å². The molecular formula is C15H14ClIN2. The van der Waals surface area contributed by atoms with E-state index in [0.29, 0.717) is 0 Å². The summed E-state index contributed by atoms with van der Waals surface area (Å²) in [6, 6.07) is 14.7. The summed E-state index contributed by atoms with van der Waals surface area (Å²) in [6.07, 6.45) is 0.929. The molecule has 2 aromatic rings. The topological polar surface area (TPSA) is 38.0 Å². The Hall–Kier alpha value is -0.780. The van der Waals surface area contributed by atoms with Crippen LogP contribution in [0.4, 0.5) is 5.69 Å². The zero-order valence-corrected chi connectivity index (χ0v) is 13.1. The molecule has 0 aromatic heterocycles. The van der Waals surface area contributed by atoms with Crippen LogP contribution in [0.3, 0.4) is 0 Å². The second-order valence-corrected chi connectivity index (χ2v) is 6.39. The van der Waals surface area contributed by atoms with E-state index >= 15 is 0 Å². The van der Waals surface area contributed by atoms with E-state index in [1.54, 1.807) is 0 Å². The summed E-state index contributed by atoms with van der Waals surface area (Å²) in [5.74, 6) is 0. The molecule has 0 radical (unpaired) electrons. The van der Waals surface area contributed by atoms with Crippen LogP contribution in [0.5, 0.6) is 0 Å². The van der Waals surface area contributed by atoms with Crippen LogP contribution in [-0.4, -0.2) is 0 Å². The van der Waals surface area contributed by atoms with E-state index in [2.05, 4.69) is 46.1 Å². The largest absolute Gasteiger partial charge is 0.377 e. The van der Waals surface area contributed by atoms with Gasteiger partial charge in [0, 0.05) is 20.3 Å². The Bertz CT molecular complexity index is 615. The van der Waals surface area contributed by atoms with Gasteiger partial charge in [0.05, 0.1) is 6.04 Å². The number of hydrogen-bond donors (Lipinski definition) is 2. The fourth-order valence-electron chi connectivity index (χ4n) is 2.60. The van der Waals surface area contributed by atoms with Crippen LogP contribution in [0, 0.1) is 3.57 Å². The molecule has 0 fully saturated rings. The Labute approximate surface area is 131 Å². The maximum atomic E-state index is 6.19. The highest BCUT2D eigenvalue weighted by Crippen LogP contribution is 2.39. The van der Waals surface area contributed by atoms with E-state index in [1.165, 1.54) is 11.1 Å². The summed E-state index contributed by atoms with van der Waals surface area (Å²) in [5.41, 5.74) is 9.86. The highest BCUT2D eigenvalue weighted by Gasteiger charge is 2.28. The third-order valence-corrected chi connectivity index (χ3v) is 4.65. The fourth-order valence-corrected chi connectivity index (χ4v) is 3.63. The molecule has 0 saturated carbocycles. The first-order chi connectivity index (χ1) is 9.15. The van der Waals surface area contributed by atoms with E-state index in [4.69, 9.17) is 17.3 Å². The van der Waals surface area contributed by atoms with Crippen LogP contribution in [0.1, 0.15) is 29.6 Å². The first-order valence-electron chi connectivity index (χ1n) is 6.21. The van der Waals surface area contributed by atoms with Gasteiger partial charge in [0.1, 0.15) is 0 Å². The summed E-state index contributed by atoms with van der Waals surface area (Å²) in [7, 11) is 0. The molecule has 0 bridgehead atoms. The van der Waals surface area contributed by atoms with Crippen LogP contribution >= 0.6 is 34.2 Å². The molecule has 4 heteroatoms. The zero-order valence-electron chi connectivity index (χ0n) is 10.2. The van der Waals surface area contributed by atoms with Gasteiger partial charge in [-0.25, -0.2) is 0 Å². The normalized spacial score (nSPS) is 21.2. The van der Waals surface area contributed by atoms with Crippen molar-refractivity contribution in [2.45, 2.75) is 18.5 Å². The number of fused-ring (bicyclic) bond motifs is 1. The second-order valence-electron chi connectivity index (χ2n) is 4.79. The van der Waals surface area contributed by atoms with Crippen molar-refractivity contribution in [2.75, 3.05) is 5.32 Å². The molecule has 1 aliphatic carbocycles. The summed E-state index contributed by atoms with van der Waals surface area (Å²) in [4.78, 5) is 0. The minimum atomic E-state index is 0.124. The number of nitrogens with one attached hydrogen (secondary N) is 1. The first kappa shape index (κ1) is 13.2. The maximum Gasteiger partial charge on any atom is 0.0535 e. The Kier molecular flexibility index (Phi) is 3.69. The number of benzene rings is 2. The van der Waals surface area contributed by atoms with Gasteiger partial charge in [0.2, 0.25) is 0 Å². The molecular weight excluding hydrogens is 371 g/mol. The zero-order chi connectivity index (χ0) is 13.4. The Morgan fingerprint density at radius 2 is 1.89 bits per heavy atom. The molecule has 0 spiro atoms. The van der Waals surface area contributed by atoms with Crippen molar-refractivity contribution in [1.29, 1.82) is 0 Å². The van der Waals surface area contributed by atoms with Crippen molar-refractivity contribution in [2.24, 2.45) is 5.73 Å². The molecule has 0 heterocycles. The summed E-state index contributed by atoms with van der Waals surface area (Å²) in [6.45, 7) is 0. The third-order valence-electron chi connectivity index (χ3n) is 3.52. The van der Waals surface area contributed by atoms with Gasteiger partial charge < -0.3 is 11.1 Å². The van der Waals surface area contributed by atoms with Gasteiger partial charge in [-0.3, -0.25) is 0 Å². The van der Waals surface area contributed by atoms with Crippen LogP contribution < -0.4 is 11.1 Å². The van der Waals surface area contributed by atoms with Gasteiger partial charge in [0.15, 0.2) is 0 Å². The van der Waals surface area contributed by atoms with E-state index in [1.807, 2.05) is 24.3 Å². The predicted octanol–water partition coefficient (Wildman–Crippen LogP) is 4.50. The number of anilines is 1. The Morgan fingerprint density at radius 3 is 2.63 bits per heavy atom. The highest BCUT2D eigenvalue weighted by atomic mass is 127. The molecule has 0 saturated heterocycles. The van der Waals surface area contributed by atoms with Crippen LogP contribution in [0.2, 0.25) is 5.02 Å². The number of halogens is 2. The van der Waals surface area contributed by atoms with E-state index in [-0.39, 0.29) is 12.1 Å². The van der Waals surface area contributed by atoms with Gasteiger partial charge in [-0.2, -0.15) is 0 Å². The van der Waals surface area contributed by atoms with Gasteiger partial charge in [-0.05, 0) is 58.3 Å². The van der Waals surface area contributed by atoms with Crippen LogP contribution in [0.15, 0.2) is 42.5 Å². The lowest BCUT2D eigenvalue weighted by Gasteiger charge is -2.17. The average Bonchev–Trinajstić information content (AvgIpc) is 2.71. The molecule has 2 aromatic carbocycles. The molecule has 98 valence electrons. The molecule has 1 aliphatic rings. The minimum Gasteiger partial charge on any atom is -0.377 e. The quantitative estimate of drug-likeness (QED) is 0.748. The second kappa shape index (κ2) is 5.31. The van der Waals surface area contributed by atoms with Gasteiger partial charge in [-0.1, -0.05) is 35.9 Å². The monoisotopic (exact) mass is 384 g/mol. The lowest BCUT2D eigenvalue weighted by atomic mass is 10.1. The molecule has 3 N–H and O–H groups in total.